The summed E-state index contributed by atoms with van der Waals surface area (Å²) < 4.78 is 13.0. The fourth-order valence-corrected chi connectivity index (χ4v) is 1.68. The van der Waals surface area contributed by atoms with Crippen LogP contribution in [-0.4, -0.2) is 10.8 Å². The normalized spacial score (nSPS) is 10.2. The van der Waals surface area contributed by atoms with Crippen LogP contribution in [-0.2, 0) is 6.42 Å². The van der Waals surface area contributed by atoms with Gasteiger partial charge in [-0.25, -0.2) is 4.39 Å². The second-order valence-corrected chi connectivity index (χ2v) is 3.98. The zero-order valence-corrected chi connectivity index (χ0v) is 9.62. The number of carbonyl (C=O) groups excluding carboxylic acids is 1. The van der Waals surface area contributed by atoms with Crippen LogP contribution in [0.4, 0.5) is 4.39 Å². The van der Waals surface area contributed by atoms with E-state index in [4.69, 9.17) is 11.6 Å². The van der Waals surface area contributed by atoms with E-state index >= 15 is 0 Å². The van der Waals surface area contributed by atoms with Gasteiger partial charge in [-0.3, -0.25) is 9.78 Å². The molecule has 2 nitrogen and oxygen atoms in total. The second-order valence-electron chi connectivity index (χ2n) is 3.57. The highest BCUT2D eigenvalue weighted by Crippen LogP contribution is 2.19. The first-order chi connectivity index (χ1) is 8.16. The average Bonchev–Trinajstić information content (AvgIpc) is 2.35. The predicted molar refractivity (Wildman–Crippen MR) is 63.7 cm³/mol. The van der Waals surface area contributed by atoms with Gasteiger partial charge in [0, 0.05) is 29.4 Å². The van der Waals surface area contributed by atoms with Crippen LogP contribution in [0.1, 0.15) is 15.9 Å². The SMILES string of the molecule is O=C(Cc1cc(F)ccc1Cl)c1ccncc1. The number of carbonyl (C=O) groups is 1. The number of pyridine rings is 1. The summed E-state index contributed by atoms with van der Waals surface area (Å²) in [6, 6.07) is 7.24. The van der Waals surface area contributed by atoms with Crippen LogP contribution < -0.4 is 0 Å². The van der Waals surface area contributed by atoms with Gasteiger partial charge in [-0.2, -0.15) is 0 Å². The largest absolute Gasteiger partial charge is 0.294 e. The van der Waals surface area contributed by atoms with E-state index in [1.807, 2.05) is 0 Å². The van der Waals surface area contributed by atoms with E-state index in [1.54, 1.807) is 24.5 Å². The summed E-state index contributed by atoms with van der Waals surface area (Å²) >= 11 is 5.90. The number of hydrogen-bond donors (Lipinski definition) is 0. The standard InChI is InChI=1S/C13H9ClFNO/c14-12-2-1-11(15)7-10(12)8-13(17)9-3-5-16-6-4-9/h1-7H,8H2. The van der Waals surface area contributed by atoms with E-state index in [2.05, 4.69) is 4.98 Å². The van der Waals surface area contributed by atoms with Gasteiger partial charge in [-0.15, -0.1) is 0 Å². The van der Waals surface area contributed by atoms with Gasteiger partial charge >= 0.3 is 0 Å². The molecule has 1 heterocycles. The summed E-state index contributed by atoms with van der Waals surface area (Å²) in [5.41, 5.74) is 1.04. The highest BCUT2D eigenvalue weighted by Gasteiger charge is 2.10. The average molecular weight is 250 g/mol. The Hall–Kier alpha value is -1.74. The molecule has 1 aromatic carbocycles. The Bertz CT molecular complexity index is 542. The third-order valence-corrected chi connectivity index (χ3v) is 2.73. The maximum atomic E-state index is 13.0. The molecule has 0 aliphatic heterocycles. The fourth-order valence-electron chi connectivity index (χ4n) is 1.49. The number of hydrogen-bond acceptors (Lipinski definition) is 2. The van der Waals surface area contributed by atoms with Gasteiger partial charge in [0.1, 0.15) is 5.82 Å². The molecule has 0 N–H and O–H groups in total. The van der Waals surface area contributed by atoms with E-state index in [1.165, 1.54) is 18.2 Å². The van der Waals surface area contributed by atoms with Crippen LogP contribution >= 0.6 is 11.6 Å². The number of Topliss-reactive ketones (excluding diaryl/α,β-unsaturated/α-hetero) is 1. The number of benzene rings is 1. The molecular weight excluding hydrogens is 241 g/mol. The van der Waals surface area contributed by atoms with E-state index in [0.717, 1.165) is 0 Å². The molecule has 0 aliphatic rings. The Balaban J connectivity index is 2.22. The van der Waals surface area contributed by atoms with Crippen LogP contribution in [0.2, 0.25) is 5.02 Å². The molecule has 0 saturated carbocycles. The van der Waals surface area contributed by atoms with Crippen molar-refractivity contribution in [3.8, 4) is 0 Å². The van der Waals surface area contributed by atoms with Gasteiger partial charge in [0.15, 0.2) is 5.78 Å². The molecule has 0 radical (unpaired) electrons. The summed E-state index contributed by atoms with van der Waals surface area (Å²) in [6.45, 7) is 0. The van der Waals surface area contributed by atoms with Crippen molar-refractivity contribution in [2.24, 2.45) is 0 Å². The van der Waals surface area contributed by atoms with E-state index in [9.17, 15) is 9.18 Å². The first-order valence-electron chi connectivity index (χ1n) is 5.04. The predicted octanol–water partition coefficient (Wildman–Crippen LogP) is 3.30. The zero-order valence-electron chi connectivity index (χ0n) is 8.86. The van der Waals surface area contributed by atoms with Crippen molar-refractivity contribution in [1.82, 2.24) is 4.98 Å². The molecule has 0 saturated heterocycles. The summed E-state index contributed by atoms with van der Waals surface area (Å²) in [6.07, 6.45) is 3.17. The fraction of sp³-hybridized carbons (Fsp3) is 0.0769. The number of aromatic nitrogens is 1. The molecule has 86 valence electrons. The molecule has 4 heteroatoms. The van der Waals surface area contributed by atoms with Crippen LogP contribution in [0.25, 0.3) is 0 Å². The maximum absolute atomic E-state index is 13.0. The zero-order chi connectivity index (χ0) is 12.3. The van der Waals surface area contributed by atoms with Gasteiger partial charge in [-0.05, 0) is 35.9 Å². The van der Waals surface area contributed by atoms with E-state index in [-0.39, 0.29) is 12.2 Å². The number of ketones is 1. The molecule has 2 aromatic rings. The molecule has 0 atom stereocenters. The van der Waals surface area contributed by atoms with Gasteiger partial charge in [0.05, 0.1) is 0 Å². The minimum atomic E-state index is -0.396. The molecule has 0 unspecified atom stereocenters. The van der Waals surface area contributed by atoms with Crippen molar-refractivity contribution in [2.45, 2.75) is 6.42 Å². The second kappa shape index (κ2) is 5.06. The molecule has 2 rings (SSSR count). The molecular formula is C13H9ClFNO. The quantitative estimate of drug-likeness (QED) is 0.782. The summed E-state index contributed by atoms with van der Waals surface area (Å²) in [4.78, 5) is 15.7. The smallest absolute Gasteiger partial charge is 0.167 e. The van der Waals surface area contributed by atoms with E-state index in [0.29, 0.717) is 16.1 Å². The van der Waals surface area contributed by atoms with Crippen LogP contribution in [0.5, 0.6) is 0 Å². The third kappa shape index (κ3) is 2.88. The summed E-state index contributed by atoms with van der Waals surface area (Å²) in [5.74, 6) is -0.508. The van der Waals surface area contributed by atoms with Crippen molar-refractivity contribution in [2.75, 3.05) is 0 Å². The van der Waals surface area contributed by atoms with Crippen molar-refractivity contribution in [1.29, 1.82) is 0 Å². The third-order valence-electron chi connectivity index (χ3n) is 2.36. The minimum Gasteiger partial charge on any atom is -0.294 e. The lowest BCUT2D eigenvalue weighted by molar-refractivity contribution is 0.0993. The molecule has 0 aliphatic carbocycles. The van der Waals surface area contributed by atoms with Gasteiger partial charge < -0.3 is 0 Å². The lowest BCUT2D eigenvalue weighted by Gasteiger charge is -2.03. The maximum Gasteiger partial charge on any atom is 0.167 e. The van der Waals surface area contributed by atoms with Crippen molar-refractivity contribution in [3.05, 3.63) is 64.7 Å². The molecule has 0 amide bonds. The van der Waals surface area contributed by atoms with Gasteiger partial charge in [0.2, 0.25) is 0 Å². The summed E-state index contributed by atoms with van der Waals surface area (Å²) in [5, 5.41) is 0.397. The van der Waals surface area contributed by atoms with Gasteiger partial charge in [0.25, 0.3) is 0 Å². The van der Waals surface area contributed by atoms with Crippen LogP contribution in [0.15, 0.2) is 42.7 Å². The molecule has 0 bridgehead atoms. The minimum absolute atomic E-state index is 0.0839. The number of rotatable bonds is 3. The first-order valence-corrected chi connectivity index (χ1v) is 5.42. The lowest BCUT2D eigenvalue weighted by Crippen LogP contribution is -2.04. The molecule has 1 aromatic heterocycles. The number of nitrogens with zero attached hydrogens (tertiary/aromatic N) is 1. The molecule has 0 fully saturated rings. The Kier molecular flexibility index (Phi) is 3.49. The lowest BCUT2D eigenvalue weighted by atomic mass is 10.0. The topological polar surface area (TPSA) is 30.0 Å². The van der Waals surface area contributed by atoms with Crippen molar-refractivity contribution < 1.29 is 9.18 Å². The Morgan fingerprint density at radius 2 is 1.94 bits per heavy atom. The highest BCUT2D eigenvalue weighted by atomic mass is 35.5. The van der Waals surface area contributed by atoms with Crippen molar-refractivity contribution in [3.63, 3.8) is 0 Å². The molecule has 0 spiro atoms. The highest BCUT2D eigenvalue weighted by molar-refractivity contribution is 6.31. The Morgan fingerprint density at radius 1 is 1.24 bits per heavy atom. The van der Waals surface area contributed by atoms with Gasteiger partial charge in [-0.1, -0.05) is 11.6 Å². The first kappa shape index (κ1) is 11.7. The van der Waals surface area contributed by atoms with E-state index < -0.39 is 5.82 Å². The van der Waals surface area contributed by atoms with Crippen molar-refractivity contribution >= 4 is 17.4 Å². The number of halogens is 2. The monoisotopic (exact) mass is 249 g/mol. The van der Waals surface area contributed by atoms with Crippen LogP contribution in [0.3, 0.4) is 0 Å². The Labute approximate surface area is 103 Å². The Morgan fingerprint density at radius 3 is 2.65 bits per heavy atom. The van der Waals surface area contributed by atoms with Crippen LogP contribution in [0, 0.1) is 5.82 Å². The summed E-state index contributed by atoms with van der Waals surface area (Å²) in [7, 11) is 0. The molecule has 17 heavy (non-hydrogen) atoms.